The van der Waals surface area contributed by atoms with Gasteiger partial charge in [0.1, 0.15) is 0 Å². The van der Waals surface area contributed by atoms with E-state index in [-0.39, 0.29) is 5.91 Å². The highest BCUT2D eigenvalue weighted by molar-refractivity contribution is 5.97. The van der Waals surface area contributed by atoms with Gasteiger partial charge in [-0.25, -0.2) is 4.79 Å². The second-order valence-corrected chi connectivity index (χ2v) is 8.85. The Balaban J connectivity index is 0.000000384. The van der Waals surface area contributed by atoms with Gasteiger partial charge in [-0.2, -0.15) is 13.2 Å². The smallest absolute Gasteiger partial charge is 0.475 e. The molecule has 2 aromatic heterocycles. The van der Waals surface area contributed by atoms with Crippen molar-refractivity contribution in [3.05, 3.63) is 65.5 Å². The van der Waals surface area contributed by atoms with Crippen LogP contribution in [0.5, 0.6) is 0 Å². The maximum absolute atomic E-state index is 12.1. The molecule has 2 aliphatic heterocycles. The standard InChI is InChI=1S/C24H26N4O.C2HF3O2/c29-24-20-15-23(27-21(20)8-10-26-24)19-7-9-25-22(14-19)18-6-4-5-17(13-18)16-28-11-2-1-3-12-28;3-2(4,5)1(6)7/h4-7,9,13-15,27H,1-3,8,10-12,16H2,(H,26,29);(H,6,7). The number of rotatable bonds is 4. The number of likely N-dealkylation sites (tertiary alicyclic amines) is 1. The maximum Gasteiger partial charge on any atom is 0.490 e. The van der Waals surface area contributed by atoms with E-state index >= 15 is 0 Å². The van der Waals surface area contributed by atoms with Crippen molar-refractivity contribution in [3.8, 4) is 22.5 Å². The van der Waals surface area contributed by atoms with Gasteiger partial charge in [0.25, 0.3) is 5.91 Å². The van der Waals surface area contributed by atoms with Gasteiger partial charge in [-0.1, -0.05) is 24.6 Å². The van der Waals surface area contributed by atoms with Crippen LogP contribution in [-0.2, 0) is 17.8 Å². The Hall–Kier alpha value is -3.66. The third-order valence-electron chi connectivity index (χ3n) is 6.20. The third kappa shape index (κ3) is 6.31. The van der Waals surface area contributed by atoms with Gasteiger partial charge in [0.15, 0.2) is 0 Å². The van der Waals surface area contributed by atoms with Crippen molar-refractivity contribution in [3.63, 3.8) is 0 Å². The monoisotopic (exact) mass is 500 g/mol. The number of nitrogens with one attached hydrogen (secondary N) is 2. The summed E-state index contributed by atoms with van der Waals surface area (Å²) in [5, 5.41) is 10.0. The van der Waals surface area contributed by atoms with Crippen molar-refractivity contribution in [1.82, 2.24) is 20.2 Å². The lowest BCUT2D eigenvalue weighted by Crippen LogP contribution is -2.31. The summed E-state index contributed by atoms with van der Waals surface area (Å²) in [4.78, 5) is 31.6. The number of aromatic amines is 1. The molecular weight excluding hydrogens is 473 g/mol. The topological polar surface area (TPSA) is 98.3 Å². The molecule has 2 aliphatic rings. The summed E-state index contributed by atoms with van der Waals surface area (Å²) < 4.78 is 31.7. The average molecular weight is 501 g/mol. The molecule has 0 radical (unpaired) electrons. The lowest BCUT2D eigenvalue weighted by molar-refractivity contribution is -0.192. The number of benzene rings is 1. The number of nitrogens with zero attached hydrogens (tertiary/aromatic N) is 2. The van der Waals surface area contributed by atoms with Gasteiger partial charge in [0.05, 0.1) is 11.3 Å². The zero-order valence-electron chi connectivity index (χ0n) is 19.6. The number of halogens is 3. The summed E-state index contributed by atoms with van der Waals surface area (Å²) in [7, 11) is 0. The number of hydrogen-bond donors (Lipinski definition) is 3. The van der Waals surface area contributed by atoms with Crippen LogP contribution in [0.1, 0.15) is 40.9 Å². The molecule has 4 heterocycles. The number of carboxylic acids is 1. The predicted molar refractivity (Wildman–Crippen MR) is 128 cm³/mol. The minimum atomic E-state index is -5.08. The first-order valence-corrected chi connectivity index (χ1v) is 11.8. The van der Waals surface area contributed by atoms with E-state index < -0.39 is 12.1 Å². The van der Waals surface area contributed by atoms with Crippen molar-refractivity contribution >= 4 is 11.9 Å². The first-order valence-electron chi connectivity index (χ1n) is 11.8. The molecule has 1 fully saturated rings. The number of aromatic nitrogens is 2. The van der Waals surface area contributed by atoms with Gasteiger partial charge in [-0.3, -0.25) is 14.7 Å². The second kappa shape index (κ2) is 10.9. The fraction of sp³-hybridized carbons (Fsp3) is 0.346. The summed E-state index contributed by atoms with van der Waals surface area (Å²) in [6.07, 6.45) is 1.58. The number of amides is 1. The largest absolute Gasteiger partial charge is 0.490 e. The fourth-order valence-electron chi connectivity index (χ4n) is 4.41. The molecule has 3 aromatic rings. The lowest BCUT2D eigenvalue weighted by Gasteiger charge is -2.26. The van der Waals surface area contributed by atoms with Gasteiger partial charge in [-0.15, -0.1) is 0 Å². The van der Waals surface area contributed by atoms with Crippen LogP contribution in [0.4, 0.5) is 13.2 Å². The van der Waals surface area contributed by atoms with Crippen LogP contribution in [-0.4, -0.2) is 57.7 Å². The molecule has 5 rings (SSSR count). The van der Waals surface area contributed by atoms with Crippen LogP contribution in [0.25, 0.3) is 22.5 Å². The van der Waals surface area contributed by atoms with Crippen LogP contribution in [0.2, 0.25) is 0 Å². The van der Waals surface area contributed by atoms with Gasteiger partial charge >= 0.3 is 12.1 Å². The number of piperidine rings is 1. The highest BCUT2D eigenvalue weighted by Crippen LogP contribution is 2.28. The van der Waals surface area contributed by atoms with Crippen LogP contribution in [0.3, 0.4) is 0 Å². The molecule has 10 heteroatoms. The van der Waals surface area contributed by atoms with Crippen molar-refractivity contribution in [2.24, 2.45) is 0 Å². The molecule has 1 amide bonds. The zero-order chi connectivity index (χ0) is 25.7. The third-order valence-corrected chi connectivity index (χ3v) is 6.20. The van der Waals surface area contributed by atoms with Crippen molar-refractivity contribution in [2.45, 2.75) is 38.4 Å². The highest BCUT2D eigenvalue weighted by Gasteiger charge is 2.38. The number of H-pyrrole nitrogens is 1. The van der Waals surface area contributed by atoms with Crippen LogP contribution >= 0.6 is 0 Å². The Bertz CT molecular complexity index is 1230. The van der Waals surface area contributed by atoms with E-state index in [1.54, 1.807) is 0 Å². The van der Waals surface area contributed by atoms with Crippen molar-refractivity contribution < 1.29 is 27.9 Å². The molecule has 7 nitrogen and oxygen atoms in total. The van der Waals surface area contributed by atoms with Gasteiger partial charge in [0.2, 0.25) is 0 Å². The number of aliphatic carboxylic acids is 1. The van der Waals surface area contributed by atoms with Gasteiger partial charge < -0.3 is 15.4 Å². The molecule has 0 unspecified atom stereocenters. The summed E-state index contributed by atoms with van der Waals surface area (Å²) >= 11 is 0. The molecule has 0 atom stereocenters. The molecule has 0 saturated carbocycles. The first kappa shape index (κ1) is 25.4. The molecule has 0 aliphatic carbocycles. The van der Waals surface area contributed by atoms with E-state index in [1.807, 2.05) is 18.3 Å². The van der Waals surface area contributed by atoms with Gasteiger partial charge in [0, 0.05) is 48.2 Å². The van der Waals surface area contributed by atoms with E-state index in [1.165, 1.54) is 37.9 Å². The maximum atomic E-state index is 12.1. The lowest BCUT2D eigenvalue weighted by atomic mass is 10.0. The summed E-state index contributed by atoms with van der Waals surface area (Å²) in [6, 6.07) is 14.8. The Morgan fingerprint density at radius 3 is 2.50 bits per heavy atom. The number of carbonyl (C=O) groups excluding carboxylic acids is 1. The Morgan fingerprint density at radius 2 is 1.81 bits per heavy atom. The van der Waals surface area contributed by atoms with E-state index in [0.29, 0.717) is 6.54 Å². The summed E-state index contributed by atoms with van der Waals surface area (Å²) in [5.74, 6) is -2.75. The SMILES string of the molecule is O=C(O)C(F)(F)F.O=C1NCCc2[nH]c(-c3ccnc(-c4cccc(CN5CCCCC5)c4)c3)cc21. The number of alkyl halides is 3. The Kier molecular flexibility index (Phi) is 7.73. The number of hydrogen-bond acceptors (Lipinski definition) is 4. The minimum Gasteiger partial charge on any atom is -0.475 e. The molecule has 1 saturated heterocycles. The van der Waals surface area contributed by atoms with Crippen LogP contribution < -0.4 is 5.32 Å². The first-order chi connectivity index (χ1) is 17.2. The second-order valence-electron chi connectivity index (χ2n) is 8.85. The molecule has 36 heavy (non-hydrogen) atoms. The normalized spacial score (nSPS) is 15.9. The summed E-state index contributed by atoms with van der Waals surface area (Å²) in [6.45, 7) is 4.09. The number of fused-ring (bicyclic) bond motifs is 1. The number of carbonyl (C=O) groups is 2. The van der Waals surface area contributed by atoms with E-state index in [9.17, 15) is 18.0 Å². The predicted octanol–water partition coefficient (Wildman–Crippen LogP) is 4.65. The molecular formula is C26H27F3N4O3. The summed E-state index contributed by atoms with van der Waals surface area (Å²) in [5.41, 5.74) is 7.23. The molecule has 3 N–H and O–H groups in total. The van der Waals surface area contributed by atoms with E-state index in [0.717, 1.165) is 46.7 Å². The molecule has 190 valence electrons. The fourth-order valence-corrected chi connectivity index (χ4v) is 4.41. The molecule has 1 aromatic carbocycles. The Labute approximate surface area is 206 Å². The number of carboxylic acid groups (broad SMARTS) is 1. The quantitative estimate of drug-likeness (QED) is 0.485. The van der Waals surface area contributed by atoms with Gasteiger partial charge in [-0.05, 0) is 55.8 Å². The van der Waals surface area contributed by atoms with Crippen LogP contribution in [0, 0.1) is 0 Å². The Morgan fingerprint density at radius 1 is 1.06 bits per heavy atom. The van der Waals surface area contributed by atoms with E-state index in [2.05, 4.69) is 50.5 Å². The molecule has 0 bridgehead atoms. The minimum absolute atomic E-state index is 0.00782. The average Bonchev–Trinajstić information content (AvgIpc) is 3.31. The van der Waals surface area contributed by atoms with Crippen molar-refractivity contribution in [1.29, 1.82) is 0 Å². The molecule has 0 spiro atoms. The number of pyridine rings is 1. The van der Waals surface area contributed by atoms with Crippen LogP contribution in [0.15, 0.2) is 48.7 Å². The zero-order valence-corrected chi connectivity index (χ0v) is 19.6. The highest BCUT2D eigenvalue weighted by atomic mass is 19.4. The van der Waals surface area contributed by atoms with E-state index in [4.69, 9.17) is 9.90 Å². The van der Waals surface area contributed by atoms with Crippen molar-refractivity contribution in [2.75, 3.05) is 19.6 Å².